The molecule has 118 valence electrons. The lowest BCUT2D eigenvalue weighted by molar-refractivity contribution is -0.123. The molecule has 0 fully saturated rings. The van der Waals surface area contributed by atoms with Gasteiger partial charge in [0, 0.05) is 3.57 Å². The molecule has 0 unspecified atom stereocenters. The van der Waals surface area contributed by atoms with E-state index >= 15 is 0 Å². The summed E-state index contributed by atoms with van der Waals surface area (Å²) < 4.78 is 6.50. The van der Waals surface area contributed by atoms with Crippen molar-refractivity contribution in [3.8, 4) is 5.75 Å². The molecular weight excluding hydrogens is 403 g/mol. The number of halogens is 1. The van der Waals surface area contributed by atoms with Gasteiger partial charge in [-0.05, 0) is 65.4 Å². The first-order chi connectivity index (χ1) is 11.1. The summed E-state index contributed by atoms with van der Waals surface area (Å²) in [5, 5.41) is 4.01. The van der Waals surface area contributed by atoms with E-state index in [9.17, 15) is 4.79 Å². The van der Waals surface area contributed by atoms with Crippen LogP contribution in [-0.2, 0) is 4.79 Å². The van der Waals surface area contributed by atoms with Crippen molar-refractivity contribution >= 4 is 40.3 Å². The molecule has 1 N–H and O–H groups in total. The second-order valence-corrected chi connectivity index (χ2v) is 6.02. The van der Waals surface area contributed by atoms with Crippen molar-refractivity contribution in [1.82, 2.24) is 5.43 Å². The van der Waals surface area contributed by atoms with Gasteiger partial charge in [0.05, 0.1) is 5.71 Å². The minimum absolute atomic E-state index is 0.0697. The lowest BCUT2D eigenvalue weighted by Crippen LogP contribution is -2.25. The van der Waals surface area contributed by atoms with Crippen LogP contribution in [0.5, 0.6) is 5.75 Å². The van der Waals surface area contributed by atoms with Crippen molar-refractivity contribution in [2.24, 2.45) is 5.10 Å². The van der Waals surface area contributed by atoms with E-state index in [1.807, 2.05) is 73.7 Å². The Balaban J connectivity index is 1.78. The van der Waals surface area contributed by atoms with Crippen LogP contribution in [0.4, 0.5) is 0 Å². The van der Waals surface area contributed by atoms with Crippen molar-refractivity contribution in [1.29, 1.82) is 0 Å². The van der Waals surface area contributed by atoms with Crippen molar-refractivity contribution in [2.45, 2.75) is 6.92 Å². The number of rotatable bonds is 6. The predicted molar refractivity (Wildman–Crippen MR) is 101 cm³/mol. The average Bonchev–Trinajstić information content (AvgIpc) is 2.58. The molecule has 0 spiro atoms. The number of hydrazone groups is 1. The minimum atomic E-state index is -0.295. The SMILES string of the molecule is CC(C=Cc1ccccc1)=NNC(=O)COc1ccc(I)cc1. The largest absolute Gasteiger partial charge is 0.484 e. The number of benzene rings is 2. The van der Waals surface area contributed by atoms with Crippen molar-refractivity contribution in [2.75, 3.05) is 6.61 Å². The van der Waals surface area contributed by atoms with Crippen LogP contribution < -0.4 is 10.2 Å². The molecule has 2 rings (SSSR count). The van der Waals surface area contributed by atoms with E-state index in [4.69, 9.17) is 4.74 Å². The summed E-state index contributed by atoms with van der Waals surface area (Å²) in [5.74, 6) is 0.362. The molecule has 0 heterocycles. The average molecular weight is 420 g/mol. The van der Waals surface area contributed by atoms with Gasteiger partial charge in [-0.2, -0.15) is 5.10 Å². The fourth-order valence-corrected chi connectivity index (χ4v) is 2.04. The first-order valence-electron chi connectivity index (χ1n) is 7.08. The second kappa shape index (κ2) is 9.09. The maximum absolute atomic E-state index is 11.7. The van der Waals surface area contributed by atoms with E-state index in [1.165, 1.54) is 0 Å². The number of nitrogens with one attached hydrogen (secondary N) is 1. The first kappa shape index (κ1) is 17.2. The van der Waals surface area contributed by atoms with Gasteiger partial charge in [0.15, 0.2) is 6.61 Å². The molecule has 0 aliphatic carbocycles. The molecule has 2 aromatic rings. The third-order valence-electron chi connectivity index (χ3n) is 2.86. The smallest absolute Gasteiger partial charge is 0.277 e. The van der Waals surface area contributed by atoms with Gasteiger partial charge in [0.1, 0.15) is 5.75 Å². The molecule has 23 heavy (non-hydrogen) atoms. The van der Waals surface area contributed by atoms with Crippen LogP contribution in [0.15, 0.2) is 65.8 Å². The summed E-state index contributed by atoms with van der Waals surface area (Å²) in [6, 6.07) is 17.4. The van der Waals surface area contributed by atoms with Crippen molar-refractivity contribution < 1.29 is 9.53 Å². The molecule has 0 aliphatic heterocycles. The number of nitrogens with zero attached hydrogens (tertiary/aromatic N) is 1. The summed E-state index contributed by atoms with van der Waals surface area (Å²) in [6.45, 7) is 1.75. The number of amides is 1. The highest BCUT2D eigenvalue weighted by Gasteiger charge is 2.01. The van der Waals surface area contributed by atoms with Gasteiger partial charge in [-0.3, -0.25) is 4.79 Å². The molecule has 0 aromatic heterocycles. The zero-order valence-electron chi connectivity index (χ0n) is 12.7. The van der Waals surface area contributed by atoms with Crippen molar-refractivity contribution in [3.63, 3.8) is 0 Å². The van der Waals surface area contributed by atoms with Gasteiger partial charge >= 0.3 is 0 Å². The normalized spacial score (nSPS) is 11.5. The lowest BCUT2D eigenvalue weighted by atomic mass is 10.2. The Bertz CT molecular complexity index is 695. The molecule has 5 heteroatoms. The van der Waals surface area contributed by atoms with Crippen LogP contribution >= 0.6 is 22.6 Å². The highest BCUT2D eigenvalue weighted by atomic mass is 127. The highest BCUT2D eigenvalue weighted by Crippen LogP contribution is 2.13. The zero-order chi connectivity index (χ0) is 16.5. The quantitative estimate of drug-likeness (QED) is 0.438. The van der Waals surface area contributed by atoms with Gasteiger partial charge in [-0.25, -0.2) is 5.43 Å². The highest BCUT2D eigenvalue weighted by molar-refractivity contribution is 14.1. The maximum atomic E-state index is 11.7. The van der Waals surface area contributed by atoms with Gasteiger partial charge in [-0.15, -0.1) is 0 Å². The molecule has 1 amide bonds. The van der Waals surface area contributed by atoms with E-state index in [1.54, 1.807) is 0 Å². The molecule has 0 saturated carbocycles. The monoisotopic (exact) mass is 420 g/mol. The van der Waals surface area contributed by atoms with Crippen LogP contribution in [0.25, 0.3) is 6.08 Å². The van der Waals surface area contributed by atoms with E-state index in [-0.39, 0.29) is 12.5 Å². The Kier molecular flexibility index (Phi) is 6.80. The minimum Gasteiger partial charge on any atom is -0.484 e. The Morgan fingerprint density at radius 1 is 1.17 bits per heavy atom. The predicted octanol–water partition coefficient (Wildman–Crippen LogP) is 3.88. The van der Waals surface area contributed by atoms with Crippen LogP contribution in [0.3, 0.4) is 0 Å². The number of hydrogen-bond acceptors (Lipinski definition) is 3. The van der Waals surface area contributed by atoms with Crippen LogP contribution in [0, 0.1) is 3.57 Å². The Hall–Kier alpha value is -2.15. The topological polar surface area (TPSA) is 50.7 Å². The fourth-order valence-electron chi connectivity index (χ4n) is 1.68. The van der Waals surface area contributed by atoms with Crippen LogP contribution in [0.2, 0.25) is 0 Å². The van der Waals surface area contributed by atoms with E-state index < -0.39 is 0 Å². The molecule has 0 aliphatic rings. The van der Waals surface area contributed by atoms with E-state index in [0.717, 1.165) is 9.13 Å². The molecule has 0 saturated heterocycles. The Labute approximate surface area is 149 Å². The van der Waals surface area contributed by atoms with Gasteiger partial charge < -0.3 is 4.74 Å². The molecule has 0 radical (unpaired) electrons. The molecule has 0 atom stereocenters. The van der Waals surface area contributed by atoms with Crippen LogP contribution in [0.1, 0.15) is 12.5 Å². The van der Waals surface area contributed by atoms with E-state index in [2.05, 4.69) is 33.1 Å². The number of carbonyl (C=O) groups is 1. The number of allylic oxidation sites excluding steroid dienone is 1. The summed E-state index contributed by atoms with van der Waals surface area (Å²) in [4.78, 5) is 11.7. The molecule has 0 bridgehead atoms. The zero-order valence-corrected chi connectivity index (χ0v) is 14.9. The van der Waals surface area contributed by atoms with Crippen LogP contribution in [-0.4, -0.2) is 18.2 Å². The third-order valence-corrected chi connectivity index (χ3v) is 3.58. The molecule has 2 aromatic carbocycles. The maximum Gasteiger partial charge on any atom is 0.277 e. The van der Waals surface area contributed by atoms with Gasteiger partial charge in [-0.1, -0.05) is 36.4 Å². The second-order valence-electron chi connectivity index (χ2n) is 4.77. The lowest BCUT2D eigenvalue weighted by Gasteiger charge is -2.05. The summed E-state index contributed by atoms with van der Waals surface area (Å²) in [7, 11) is 0. The van der Waals surface area contributed by atoms with Gasteiger partial charge in [0.25, 0.3) is 5.91 Å². The first-order valence-corrected chi connectivity index (χ1v) is 8.16. The summed E-state index contributed by atoms with van der Waals surface area (Å²) in [5.41, 5.74) is 4.26. The molecular formula is C18H17IN2O2. The van der Waals surface area contributed by atoms with Gasteiger partial charge in [0.2, 0.25) is 0 Å². The standard InChI is InChI=1S/C18H17IN2O2/c1-14(7-8-15-5-3-2-4-6-15)20-21-18(22)13-23-17-11-9-16(19)10-12-17/h2-12H,13H2,1H3,(H,21,22). The Morgan fingerprint density at radius 3 is 2.57 bits per heavy atom. The van der Waals surface area contributed by atoms with Crippen molar-refractivity contribution in [3.05, 3.63) is 69.8 Å². The molecule has 4 nitrogen and oxygen atoms in total. The number of ether oxygens (including phenoxy) is 1. The summed E-state index contributed by atoms with van der Waals surface area (Å²) >= 11 is 2.21. The fraction of sp³-hybridized carbons (Fsp3) is 0.111. The Morgan fingerprint density at radius 2 is 1.87 bits per heavy atom. The summed E-state index contributed by atoms with van der Waals surface area (Å²) in [6.07, 6.45) is 3.78. The third kappa shape index (κ3) is 6.65. The number of carbonyl (C=O) groups excluding carboxylic acids is 1. The number of hydrogen-bond donors (Lipinski definition) is 1. The van der Waals surface area contributed by atoms with E-state index in [0.29, 0.717) is 11.5 Å².